The van der Waals surface area contributed by atoms with E-state index in [0.717, 1.165) is 12.0 Å². The maximum atomic E-state index is 13.1. The van der Waals surface area contributed by atoms with Crippen molar-refractivity contribution in [3.8, 4) is 11.5 Å². The van der Waals surface area contributed by atoms with E-state index in [2.05, 4.69) is 6.08 Å². The van der Waals surface area contributed by atoms with E-state index in [4.69, 9.17) is 9.47 Å². The Morgan fingerprint density at radius 3 is 2.18 bits per heavy atom. The number of hydrogen-bond donors (Lipinski definition) is 0. The van der Waals surface area contributed by atoms with Gasteiger partial charge in [0.2, 0.25) is 11.8 Å². The molecule has 1 aliphatic heterocycles. The standard InChI is InChI=1S/C30H24N2O7/c1-17-14-20-15-25(17)27-26(20)28(33)31(29(27)34)21-6-4-19(5-7-21)30(35)38-16-18-2-10-23(11-3-18)39-24-12-8-22(9-13-24)32(36)37/h2-14,20,25-27H,15-16H2,1H3/t20-,25+,26-,27+/m0/s1. The normalized spacial score (nSPS) is 23.0. The topological polar surface area (TPSA) is 116 Å². The highest BCUT2D eigenvalue weighted by Gasteiger charge is 2.60. The molecule has 2 amide bonds. The molecule has 3 aromatic rings. The number of hydrogen-bond acceptors (Lipinski definition) is 7. The number of allylic oxidation sites excluding steroid dienone is 2. The van der Waals surface area contributed by atoms with Crippen molar-refractivity contribution in [1.82, 2.24) is 0 Å². The second kappa shape index (κ2) is 9.50. The number of benzene rings is 3. The smallest absolute Gasteiger partial charge is 0.338 e. The van der Waals surface area contributed by atoms with E-state index in [-0.39, 0.29) is 47.8 Å². The zero-order chi connectivity index (χ0) is 27.3. The van der Waals surface area contributed by atoms with Crippen LogP contribution in [0, 0.1) is 33.8 Å². The van der Waals surface area contributed by atoms with Crippen LogP contribution in [0.15, 0.2) is 84.4 Å². The fourth-order valence-electron chi connectivity index (χ4n) is 5.93. The molecular weight excluding hydrogens is 500 g/mol. The summed E-state index contributed by atoms with van der Waals surface area (Å²) in [7, 11) is 0. The molecule has 9 nitrogen and oxygen atoms in total. The van der Waals surface area contributed by atoms with Gasteiger partial charge in [0.25, 0.3) is 5.69 Å². The van der Waals surface area contributed by atoms with Crippen LogP contribution in [0.5, 0.6) is 11.5 Å². The van der Waals surface area contributed by atoms with Crippen LogP contribution in [-0.4, -0.2) is 22.7 Å². The molecule has 1 saturated carbocycles. The molecular formula is C30H24N2O7. The van der Waals surface area contributed by atoms with Gasteiger partial charge in [0.15, 0.2) is 0 Å². The molecule has 2 fully saturated rings. The SMILES string of the molecule is CC1=C[C@H]2C[C@H]1[C@H]1C(=O)N(c3ccc(C(=O)OCc4ccc(Oc5ccc([N+](=O)[O-])cc5)cc4)cc3)C(=O)[C@H]12. The predicted molar refractivity (Wildman–Crippen MR) is 140 cm³/mol. The van der Waals surface area contributed by atoms with Gasteiger partial charge >= 0.3 is 5.97 Å². The monoisotopic (exact) mass is 524 g/mol. The number of ether oxygens (including phenoxy) is 2. The van der Waals surface area contributed by atoms with E-state index >= 15 is 0 Å². The second-order valence-electron chi connectivity index (χ2n) is 10.1. The number of amides is 2. The summed E-state index contributed by atoms with van der Waals surface area (Å²) in [5.74, 6) is -0.103. The molecule has 1 saturated heterocycles. The van der Waals surface area contributed by atoms with Gasteiger partial charge in [-0.15, -0.1) is 0 Å². The minimum Gasteiger partial charge on any atom is -0.457 e. The number of carbonyl (C=O) groups excluding carboxylic acids is 3. The van der Waals surface area contributed by atoms with Crippen LogP contribution in [0.4, 0.5) is 11.4 Å². The van der Waals surface area contributed by atoms with Crippen LogP contribution in [0.1, 0.15) is 29.3 Å². The van der Waals surface area contributed by atoms with Crippen LogP contribution in [0.3, 0.4) is 0 Å². The Morgan fingerprint density at radius 2 is 1.54 bits per heavy atom. The molecule has 3 aliphatic rings. The summed E-state index contributed by atoms with van der Waals surface area (Å²) in [6.45, 7) is 2.08. The first-order chi connectivity index (χ1) is 18.8. The van der Waals surface area contributed by atoms with Gasteiger partial charge in [0, 0.05) is 12.1 Å². The molecule has 2 bridgehead atoms. The number of nitrogens with zero attached hydrogens (tertiary/aromatic N) is 2. The lowest BCUT2D eigenvalue weighted by molar-refractivity contribution is -0.384. The third-order valence-electron chi connectivity index (χ3n) is 7.82. The van der Waals surface area contributed by atoms with Crippen LogP contribution in [0.2, 0.25) is 0 Å². The second-order valence-corrected chi connectivity index (χ2v) is 10.1. The fraction of sp³-hybridized carbons (Fsp3) is 0.233. The van der Waals surface area contributed by atoms with Gasteiger partial charge in [-0.25, -0.2) is 4.79 Å². The highest BCUT2D eigenvalue weighted by Crippen LogP contribution is 2.55. The summed E-state index contributed by atoms with van der Waals surface area (Å²) in [6.07, 6.45) is 3.02. The van der Waals surface area contributed by atoms with Crippen LogP contribution in [-0.2, 0) is 20.9 Å². The lowest BCUT2D eigenvalue weighted by Crippen LogP contribution is -2.32. The van der Waals surface area contributed by atoms with Crippen LogP contribution in [0.25, 0.3) is 0 Å². The van der Waals surface area contributed by atoms with Crippen molar-refractivity contribution in [2.45, 2.75) is 20.0 Å². The number of imide groups is 1. The van der Waals surface area contributed by atoms with Crippen LogP contribution >= 0.6 is 0 Å². The number of fused-ring (bicyclic) bond motifs is 5. The molecule has 3 aromatic carbocycles. The maximum absolute atomic E-state index is 13.1. The zero-order valence-electron chi connectivity index (χ0n) is 21.0. The fourth-order valence-corrected chi connectivity index (χ4v) is 5.93. The Hall–Kier alpha value is -4.79. The minimum absolute atomic E-state index is 0.0196. The Kier molecular flexibility index (Phi) is 5.98. The van der Waals surface area contributed by atoms with Crippen molar-refractivity contribution in [3.05, 3.63) is 106 Å². The number of esters is 1. The van der Waals surface area contributed by atoms with Crippen molar-refractivity contribution in [2.75, 3.05) is 4.90 Å². The van der Waals surface area contributed by atoms with Crippen molar-refractivity contribution >= 4 is 29.2 Å². The summed E-state index contributed by atoms with van der Waals surface area (Å²) in [6, 6.07) is 19.0. The Morgan fingerprint density at radius 1 is 0.923 bits per heavy atom. The molecule has 0 N–H and O–H groups in total. The van der Waals surface area contributed by atoms with Gasteiger partial charge < -0.3 is 9.47 Å². The number of nitro benzene ring substituents is 1. The number of carbonyl (C=O) groups is 3. The molecule has 6 rings (SSSR count). The largest absolute Gasteiger partial charge is 0.457 e. The number of nitro groups is 1. The molecule has 0 aromatic heterocycles. The molecule has 196 valence electrons. The Bertz CT molecular complexity index is 1510. The molecule has 0 unspecified atom stereocenters. The number of non-ortho nitro benzene ring substituents is 1. The summed E-state index contributed by atoms with van der Waals surface area (Å²) in [4.78, 5) is 50.4. The van der Waals surface area contributed by atoms with Gasteiger partial charge in [0.05, 0.1) is 28.0 Å². The molecule has 1 heterocycles. The van der Waals surface area contributed by atoms with Crippen molar-refractivity contribution < 1.29 is 28.8 Å². The van der Waals surface area contributed by atoms with Crippen molar-refractivity contribution in [2.24, 2.45) is 23.7 Å². The third-order valence-corrected chi connectivity index (χ3v) is 7.82. The molecule has 9 heteroatoms. The van der Waals surface area contributed by atoms with Gasteiger partial charge in [-0.1, -0.05) is 23.8 Å². The quantitative estimate of drug-likeness (QED) is 0.133. The molecule has 4 atom stereocenters. The Labute approximate surface area is 223 Å². The Balaban J connectivity index is 1.05. The van der Waals surface area contributed by atoms with Gasteiger partial charge in [-0.05, 0) is 79.3 Å². The highest BCUT2D eigenvalue weighted by molar-refractivity contribution is 6.23. The van der Waals surface area contributed by atoms with E-state index in [0.29, 0.717) is 22.7 Å². The van der Waals surface area contributed by atoms with Crippen molar-refractivity contribution in [3.63, 3.8) is 0 Å². The van der Waals surface area contributed by atoms with Gasteiger partial charge in [-0.3, -0.25) is 24.6 Å². The van der Waals surface area contributed by atoms with Gasteiger partial charge in [0.1, 0.15) is 18.1 Å². The lowest BCUT2D eigenvalue weighted by Gasteiger charge is -2.19. The maximum Gasteiger partial charge on any atom is 0.338 e. The average molecular weight is 525 g/mol. The molecule has 0 spiro atoms. The van der Waals surface area contributed by atoms with Crippen molar-refractivity contribution in [1.29, 1.82) is 0 Å². The predicted octanol–water partition coefficient (Wildman–Crippen LogP) is 5.45. The zero-order valence-corrected chi connectivity index (χ0v) is 21.0. The molecule has 39 heavy (non-hydrogen) atoms. The number of anilines is 1. The minimum atomic E-state index is -0.526. The highest BCUT2D eigenvalue weighted by atomic mass is 16.6. The first-order valence-electron chi connectivity index (χ1n) is 12.6. The first kappa shape index (κ1) is 24.5. The summed E-state index contributed by atoms with van der Waals surface area (Å²) < 4.78 is 11.1. The summed E-state index contributed by atoms with van der Waals surface area (Å²) in [5, 5.41) is 10.8. The van der Waals surface area contributed by atoms with E-state index < -0.39 is 10.9 Å². The number of rotatable bonds is 7. The first-order valence-corrected chi connectivity index (χ1v) is 12.6. The average Bonchev–Trinajstić information content (AvgIpc) is 3.58. The van der Waals surface area contributed by atoms with Crippen LogP contribution < -0.4 is 9.64 Å². The summed E-state index contributed by atoms with van der Waals surface area (Å²) >= 11 is 0. The van der Waals surface area contributed by atoms with E-state index in [1.807, 2.05) is 6.92 Å². The summed E-state index contributed by atoms with van der Waals surface area (Å²) in [5.41, 5.74) is 2.71. The third kappa shape index (κ3) is 4.35. The molecule has 0 radical (unpaired) electrons. The van der Waals surface area contributed by atoms with Gasteiger partial charge in [-0.2, -0.15) is 0 Å². The van der Waals surface area contributed by atoms with E-state index in [1.165, 1.54) is 34.7 Å². The van der Waals surface area contributed by atoms with E-state index in [1.54, 1.807) is 48.5 Å². The lowest BCUT2D eigenvalue weighted by atomic mass is 9.82. The molecule has 2 aliphatic carbocycles. The van der Waals surface area contributed by atoms with E-state index in [9.17, 15) is 24.5 Å².